The van der Waals surface area contributed by atoms with E-state index in [1.165, 1.54) is 28.5 Å². The van der Waals surface area contributed by atoms with Crippen molar-refractivity contribution in [1.82, 2.24) is 4.90 Å². The number of hydrogen-bond acceptors (Lipinski definition) is 1. The molecule has 3 aromatic carbocycles. The van der Waals surface area contributed by atoms with E-state index in [2.05, 4.69) is 53.4 Å². The van der Waals surface area contributed by atoms with E-state index in [1.807, 2.05) is 0 Å². The van der Waals surface area contributed by atoms with Crippen molar-refractivity contribution in [2.24, 2.45) is 0 Å². The summed E-state index contributed by atoms with van der Waals surface area (Å²) in [6.45, 7) is 2.59. The van der Waals surface area contributed by atoms with Crippen LogP contribution in [0.15, 0.2) is 72.8 Å². The molecule has 0 aliphatic carbocycles. The second kappa shape index (κ2) is 9.02. The lowest BCUT2D eigenvalue weighted by atomic mass is 9.97. The van der Waals surface area contributed by atoms with Gasteiger partial charge in [-0.25, -0.2) is 0 Å². The maximum absolute atomic E-state index is 12.9. The van der Waals surface area contributed by atoms with Gasteiger partial charge in [0.25, 0.3) is 0 Å². The highest BCUT2D eigenvalue weighted by Gasteiger charge is 2.30. The van der Waals surface area contributed by atoms with E-state index in [9.17, 15) is 13.2 Å². The van der Waals surface area contributed by atoms with Gasteiger partial charge in [-0.05, 0) is 52.4 Å². The van der Waals surface area contributed by atoms with Gasteiger partial charge in [0.1, 0.15) is 0 Å². The first-order valence-corrected chi connectivity index (χ1v) is 9.56. The van der Waals surface area contributed by atoms with E-state index in [1.54, 1.807) is 6.07 Å². The summed E-state index contributed by atoms with van der Waals surface area (Å²) in [4.78, 5) is 2.36. The summed E-state index contributed by atoms with van der Waals surface area (Å²) >= 11 is 0. The molecular formula is C24H23ClF3N. The first-order valence-electron chi connectivity index (χ1n) is 9.56. The van der Waals surface area contributed by atoms with Gasteiger partial charge in [-0.1, -0.05) is 60.7 Å². The summed E-state index contributed by atoms with van der Waals surface area (Å²) in [7, 11) is 0. The zero-order valence-electron chi connectivity index (χ0n) is 16.0. The number of hydrogen-bond donors (Lipinski definition) is 0. The molecule has 152 valence electrons. The number of rotatable bonds is 4. The molecule has 3 aromatic rings. The number of nitrogens with zero attached hydrogens (tertiary/aromatic N) is 1. The minimum atomic E-state index is -4.30. The molecule has 0 unspecified atom stereocenters. The molecule has 0 N–H and O–H groups in total. The fourth-order valence-corrected chi connectivity index (χ4v) is 3.86. The second-order valence-electron chi connectivity index (χ2n) is 7.25. The highest BCUT2D eigenvalue weighted by atomic mass is 35.5. The summed E-state index contributed by atoms with van der Waals surface area (Å²) in [5, 5.41) is 2.55. The average Bonchev–Trinajstić information content (AvgIpc) is 2.72. The van der Waals surface area contributed by atoms with Gasteiger partial charge in [0.15, 0.2) is 0 Å². The van der Waals surface area contributed by atoms with Crippen molar-refractivity contribution < 1.29 is 13.2 Å². The van der Waals surface area contributed by atoms with Crippen LogP contribution in [0.1, 0.15) is 23.1 Å². The van der Waals surface area contributed by atoms with E-state index < -0.39 is 11.7 Å². The number of alkyl halides is 3. The van der Waals surface area contributed by atoms with Crippen molar-refractivity contribution in [2.75, 3.05) is 19.6 Å². The number of fused-ring (bicyclic) bond motifs is 1. The Kier molecular flexibility index (Phi) is 6.66. The molecule has 0 atom stereocenters. The van der Waals surface area contributed by atoms with E-state index in [0.717, 1.165) is 44.1 Å². The molecule has 0 spiro atoms. The van der Waals surface area contributed by atoms with Crippen LogP contribution in [0.25, 0.3) is 16.3 Å². The Morgan fingerprint density at radius 3 is 2.41 bits per heavy atom. The van der Waals surface area contributed by atoms with Crippen LogP contribution in [0, 0.1) is 0 Å². The van der Waals surface area contributed by atoms with Crippen molar-refractivity contribution >= 4 is 28.8 Å². The molecule has 0 aromatic heterocycles. The highest BCUT2D eigenvalue weighted by Crippen LogP contribution is 2.32. The molecule has 0 bridgehead atoms. The third-order valence-electron chi connectivity index (χ3n) is 5.43. The van der Waals surface area contributed by atoms with E-state index in [0.29, 0.717) is 5.56 Å². The molecule has 0 saturated heterocycles. The molecule has 4 rings (SSSR count). The number of benzene rings is 3. The van der Waals surface area contributed by atoms with Crippen LogP contribution < -0.4 is 0 Å². The maximum Gasteiger partial charge on any atom is 0.416 e. The van der Waals surface area contributed by atoms with Gasteiger partial charge < -0.3 is 0 Å². The summed E-state index contributed by atoms with van der Waals surface area (Å²) in [6.07, 6.45) is -0.483. The first-order chi connectivity index (χ1) is 13.5. The molecule has 1 nitrogen and oxygen atoms in total. The van der Waals surface area contributed by atoms with Crippen molar-refractivity contribution in [3.05, 3.63) is 89.5 Å². The van der Waals surface area contributed by atoms with Crippen molar-refractivity contribution in [1.29, 1.82) is 0 Å². The quantitative estimate of drug-likeness (QED) is 0.461. The third-order valence-corrected chi connectivity index (χ3v) is 5.43. The largest absolute Gasteiger partial charge is 0.416 e. The molecule has 1 aliphatic rings. The van der Waals surface area contributed by atoms with E-state index in [-0.39, 0.29) is 12.4 Å². The van der Waals surface area contributed by atoms with Gasteiger partial charge in [-0.3, -0.25) is 4.90 Å². The lowest BCUT2D eigenvalue weighted by Gasteiger charge is -2.27. The fourth-order valence-electron chi connectivity index (χ4n) is 3.86. The van der Waals surface area contributed by atoms with E-state index >= 15 is 0 Å². The lowest BCUT2D eigenvalue weighted by molar-refractivity contribution is -0.137. The van der Waals surface area contributed by atoms with Gasteiger partial charge in [0.2, 0.25) is 0 Å². The molecule has 0 radical (unpaired) electrons. The Morgan fingerprint density at radius 1 is 0.897 bits per heavy atom. The average molecular weight is 418 g/mol. The van der Waals surface area contributed by atoms with Gasteiger partial charge in [0, 0.05) is 19.6 Å². The van der Waals surface area contributed by atoms with Gasteiger partial charge in [0.05, 0.1) is 5.56 Å². The molecule has 1 heterocycles. The van der Waals surface area contributed by atoms with Crippen LogP contribution in [0.2, 0.25) is 0 Å². The maximum atomic E-state index is 12.9. The van der Waals surface area contributed by atoms with Crippen molar-refractivity contribution in [3.8, 4) is 0 Å². The van der Waals surface area contributed by atoms with Crippen LogP contribution >= 0.6 is 12.4 Å². The topological polar surface area (TPSA) is 3.24 Å². The minimum Gasteiger partial charge on any atom is -0.299 e. The highest BCUT2D eigenvalue weighted by molar-refractivity contribution is 5.86. The molecule has 29 heavy (non-hydrogen) atoms. The van der Waals surface area contributed by atoms with Crippen molar-refractivity contribution in [2.45, 2.75) is 19.0 Å². The monoisotopic (exact) mass is 417 g/mol. The molecule has 0 amide bonds. The van der Waals surface area contributed by atoms with Gasteiger partial charge in [-0.2, -0.15) is 13.2 Å². The normalized spacial score (nSPS) is 15.1. The van der Waals surface area contributed by atoms with Crippen molar-refractivity contribution in [3.63, 3.8) is 0 Å². The third kappa shape index (κ3) is 5.01. The van der Waals surface area contributed by atoms with Gasteiger partial charge in [-0.15, -0.1) is 12.4 Å². The van der Waals surface area contributed by atoms with Crippen LogP contribution in [0.3, 0.4) is 0 Å². The molecule has 1 aliphatic heterocycles. The Balaban J connectivity index is 0.00000240. The smallest absolute Gasteiger partial charge is 0.299 e. The standard InChI is InChI=1S/C24H22F3N.ClH/c25-24(26,27)22-9-4-8-21(17-22)18-11-14-28(15-12-18)16-13-20-7-3-6-19-5-1-2-10-23(19)20;/h1-11,17H,12-16H2;1H. The number of halogens is 4. The fraction of sp³-hybridized carbons (Fsp3) is 0.250. The summed E-state index contributed by atoms with van der Waals surface area (Å²) < 4.78 is 38.8. The predicted octanol–water partition coefficient (Wildman–Crippen LogP) is 6.61. The Morgan fingerprint density at radius 2 is 1.66 bits per heavy atom. The summed E-state index contributed by atoms with van der Waals surface area (Å²) in [5.74, 6) is 0. The molecule has 0 saturated carbocycles. The SMILES string of the molecule is Cl.FC(F)(F)c1cccc(C2=CCN(CCc3cccc4ccccc34)CC2)c1. The van der Waals surface area contributed by atoms with E-state index in [4.69, 9.17) is 0 Å². The second-order valence-corrected chi connectivity index (χ2v) is 7.25. The summed E-state index contributed by atoms with van der Waals surface area (Å²) in [6, 6.07) is 20.5. The Labute approximate surface area is 175 Å². The first kappa shape index (κ1) is 21.4. The Bertz CT molecular complexity index is 1000. The Hall–Kier alpha value is -2.30. The minimum absolute atomic E-state index is 0. The van der Waals surface area contributed by atoms with Gasteiger partial charge >= 0.3 is 6.18 Å². The van der Waals surface area contributed by atoms with Crippen LogP contribution in [-0.2, 0) is 12.6 Å². The van der Waals surface area contributed by atoms with Crippen LogP contribution in [0.5, 0.6) is 0 Å². The lowest BCUT2D eigenvalue weighted by Crippen LogP contribution is -2.30. The molecular weight excluding hydrogens is 395 g/mol. The predicted molar refractivity (Wildman–Crippen MR) is 115 cm³/mol. The zero-order chi connectivity index (χ0) is 19.6. The van der Waals surface area contributed by atoms with Crippen LogP contribution in [0.4, 0.5) is 13.2 Å². The van der Waals surface area contributed by atoms with Crippen LogP contribution in [-0.4, -0.2) is 24.5 Å². The zero-order valence-corrected chi connectivity index (χ0v) is 16.8. The molecule has 5 heteroatoms. The summed E-state index contributed by atoms with van der Waals surface area (Å²) in [5.41, 5.74) is 2.45. The molecule has 0 fully saturated rings.